The van der Waals surface area contributed by atoms with Crippen LogP contribution in [0.15, 0.2) is 36.9 Å². The van der Waals surface area contributed by atoms with E-state index in [1.54, 1.807) is 0 Å². The Kier molecular flexibility index (Phi) is 9.44. The molecule has 134 valence electrons. The van der Waals surface area contributed by atoms with Crippen molar-refractivity contribution >= 4 is 5.97 Å². The first-order chi connectivity index (χ1) is 11.4. The van der Waals surface area contributed by atoms with E-state index < -0.39 is 0 Å². The Morgan fingerprint density at radius 2 is 1.50 bits per heavy atom. The second kappa shape index (κ2) is 11.1. The van der Waals surface area contributed by atoms with Gasteiger partial charge >= 0.3 is 5.97 Å². The SMILES string of the molecule is C=CCCCCCCCCCOC(=O)c1ccc(C(C)(C)C)cc1. The number of benzene rings is 1. The van der Waals surface area contributed by atoms with Crippen molar-refractivity contribution in [3.63, 3.8) is 0 Å². The van der Waals surface area contributed by atoms with Gasteiger partial charge in [0.1, 0.15) is 0 Å². The lowest BCUT2D eigenvalue weighted by molar-refractivity contribution is 0.0497. The van der Waals surface area contributed by atoms with Crippen molar-refractivity contribution < 1.29 is 9.53 Å². The van der Waals surface area contributed by atoms with Gasteiger partial charge in [0.15, 0.2) is 0 Å². The van der Waals surface area contributed by atoms with Crippen LogP contribution in [0.1, 0.15) is 88.1 Å². The van der Waals surface area contributed by atoms with E-state index in [4.69, 9.17) is 4.74 Å². The summed E-state index contributed by atoms with van der Waals surface area (Å²) in [6.45, 7) is 10.8. The van der Waals surface area contributed by atoms with Crippen molar-refractivity contribution in [3.05, 3.63) is 48.0 Å². The molecule has 0 aliphatic carbocycles. The molecule has 0 fully saturated rings. The van der Waals surface area contributed by atoms with Gasteiger partial charge in [0, 0.05) is 0 Å². The summed E-state index contributed by atoms with van der Waals surface area (Å²) in [4.78, 5) is 12.0. The third kappa shape index (κ3) is 8.33. The number of ether oxygens (including phenoxy) is 1. The minimum Gasteiger partial charge on any atom is -0.462 e. The Balaban J connectivity index is 2.13. The number of carbonyl (C=O) groups excluding carboxylic acids is 1. The van der Waals surface area contributed by atoms with Crippen LogP contribution in [-0.4, -0.2) is 12.6 Å². The monoisotopic (exact) mass is 330 g/mol. The van der Waals surface area contributed by atoms with Gasteiger partial charge in [-0.05, 0) is 42.4 Å². The van der Waals surface area contributed by atoms with Gasteiger partial charge < -0.3 is 4.74 Å². The fraction of sp³-hybridized carbons (Fsp3) is 0.591. The van der Waals surface area contributed by atoms with Crippen molar-refractivity contribution in [1.29, 1.82) is 0 Å². The zero-order valence-corrected chi connectivity index (χ0v) is 15.8. The lowest BCUT2D eigenvalue weighted by Gasteiger charge is -2.18. The Bertz CT molecular complexity index is 480. The van der Waals surface area contributed by atoms with Crippen molar-refractivity contribution in [2.24, 2.45) is 0 Å². The number of hydrogen-bond acceptors (Lipinski definition) is 2. The predicted octanol–water partition coefficient (Wildman–Crippen LogP) is 6.45. The molecule has 0 N–H and O–H groups in total. The van der Waals surface area contributed by atoms with Crippen LogP contribution in [0.4, 0.5) is 0 Å². The summed E-state index contributed by atoms with van der Waals surface area (Å²) in [5.74, 6) is -0.208. The van der Waals surface area contributed by atoms with Gasteiger partial charge in [0.05, 0.1) is 12.2 Å². The highest BCUT2D eigenvalue weighted by atomic mass is 16.5. The highest BCUT2D eigenvalue weighted by Gasteiger charge is 2.14. The summed E-state index contributed by atoms with van der Waals surface area (Å²) >= 11 is 0. The summed E-state index contributed by atoms with van der Waals surface area (Å²) in [5.41, 5.74) is 1.98. The standard InChI is InChI=1S/C22H34O2/c1-5-6-7-8-9-10-11-12-13-18-24-21(23)19-14-16-20(17-15-19)22(2,3)4/h5,14-17H,1,6-13,18H2,2-4H3. The van der Waals surface area contributed by atoms with Crippen LogP contribution in [0.3, 0.4) is 0 Å². The minimum atomic E-state index is -0.208. The van der Waals surface area contributed by atoms with Crippen molar-refractivity contribution in [1.82, 2.24) is 0 Å². The van der Waals surface area contributed by atoms with E-state index in [0.717, 1.165) is 19.3 Å². The summed E-state index contributed by atoms with van der Waals surface area (Å²) in [6.07, 6.45) is 11.6. The second-order valence-corrected chi connectivity index (χ2v) is 7.52. The average molecular weight is 331 g/mol. The van der Waals surface area contributed by atoms with E-state index in [9.17, 15) is 4.79 Å². The Morgan fingerprint density at radius 3 is 2.04 bits per heavy atom. The molecule has 0 aromatic heterocycles. The molecule has 0 aliphatic heterocycles. The lowest BCUT2D eigenvalue weighted by Crippen LogP contribution is -2.12. The van der Waals surface area contributed by atoms with E-state index in [2.05, 4.69) is 27.4 Å². The molecule has 24 heavy (non-hydrogen) atoms. The highest BCUT2D eigenvalue weighted by Crippen LogP contribution is 2.22. The molecule has 1 aromatic rings. The highest BCUT2D eigenvalue weighted by molar-refractivity contribution is 5.89. The molecule has 1 aromatic carbocycles. The summed E-state index contributed by atoms with van der Waals surface area (Å²) in [7, 11) is 0. The maximum absolute atomic E-state index is 12.0. The molecule has 0 amide bonds. The van der Waals surface area contributed by atoms with Crippen molar-refractivity contribution in [2.45, 2.75) is 77.6 Å². The van der Waals surface area contributed by atoms with E-state index in [0.29, 0.717) is 12.2 Å². The van der Waals surface area contributed by atoms with Crippen LogP contribution in [0.25, 0.3) is 0 Å². The molecule has 2 nitrogen and oxygen atoms in total. The normalized spacial score (nSPS) is 11.3. The van der Waals surface area contributed by atoms with Gasteiger partial charge in [0.25, 0.3) is 0 Å². The molecule has 0 saturated heterocycles. The van der Waals surface area contributed by atoms with E-state index in [-0.39, 0.29) is 11.4 Å². The van der Waals surface area contributed by atoms with Crippen molar-refractivity contribution in [2.75, 3.05) is 6.61 Å². The molecule has 1 rings (SSSR count). The van der Waals surface area contributed by atoms with E-state index >= 15 is 0 Å². The molecule has 0 radical (unpaired) electrons. The number of rotatable bonds is 11. The number of carbonyl (C=O) groups is 1. The molecule has 2 heteroatoms. The zero-order chi connectivity index (χ0) is 17.8. The average Bonchev–Trinajstić information content (AvgIpc) is 2.55. The Hall–Kier alpha value is -1.57. The number of hydrogen-bond donors (Lipinski definition) is 0. The molecule has 0 saturated carbocycles. The third-order valence-electron chi connectivity index (χ3n) is 4.27. The number of unbranched alkanes of at least 4 members (excludes halogenated alkanes) is 7. The molecule has 0 heterocycles. The summed E-state index contributed by atoms with van der Waals surface area (Å²) in [6, 6.07) is 7.77. The maximum atomic E-state index is 12.0. The van der Waals surface area contributed by atoms with Crippen LogP contribution >= 0.6 is 0 Å². The smallest absolute Gasteiger partial charge is 0.338 e. The first-order valence-corrected chi connectivity index (χ1v) is 9.33. The minimum absolute atomic E-state index is 0.105. The van der Waals surface area contributed by atoms with Gasteiger partial charge in [-0.25, -0.2) is 4.79 Å². The second-order valence-electron chi connectivity index (χ2n) is 7.52. The third-order valence-corrected chi connectivity index (χ3v) is 4.27. The summed E-state index contributed by atoms with van der Waals surface area (Å²) in [5, 5.41) is 0. The van der Waals surface area contributed by atoms with Crippen LogP contribution in [0.5, 0.6) is 0 Å². The van der Waals surface area contributed by atoms with Crippen LogP contribution < -0.4 is 0 Å². The molecule has 0 spiro atoms. The van der Waals surface area contributed by atoms with Crippen LogP contribution in [-0.2, 0) is 10.2 Å². The lowest BCUT2D eigenvalue weighted by atomic mass is 9.87. The van der Waals surface area contributed by atoms with E-state index in [1.165, 1.54) is 37.7 Å². The van der Waals surface area contributed by atoms with Gasteiger partial charge in [-0.3, -0.25) is 0 Å². The first-order valence-electron chi connectivity index (χ1n) is 9.33. The van der Waals surface area contributed by atoms with E-state index in [1.807, 2.05) is 30.3 Å². The first kappa shape index (κ1) is 20.5. The molecular formula is C22H34O2. The Labute approximate surface area is 148 Å². The zero-order valence-electron chi connectivity index (χ0n) is 15.8. The van der Waals surface area contributed by atoms with Gasteiger partial charge in [-0.2, -0.15) is 0 Å². The van der Waals surface area contributed by atoms with Gasteiger partial charge in [0.2, 0.25) is 0 Å². The predicted molar refractivity (Wildman–Crippen MR) is 103 cm³/mol. The Morgan fingerprint density at radius 1 is 0.958 bits per heavy atom. The fourth-order valence-corrected chi connectivity index (χ4v) is 2.63. The molecule has 0 atom stereocenters. The molecular weight excluding hydrogens is 296 g/mol. The van der Waals surface area contributed by atoms with Gasteiger partial charge in [-0.1, -0.05) is 71.1 Å². The number of allylic oxidation sites excluding steroid dienone is 1. The topological polar surface area (TPSA) is 26.3 Å². The van der Waals surface area contributed by atoms with Gasteiger partial charge in [-0.15, -0.1) is 6.58 Å². The number of esters is 1. The quantitative estimate of drug-likeness (QED) is 0.265. The largest absolute Gasteiger partial charge is 0.462 e. The van der Waals surface area contributed by atoms with Crippen molar-refractivity contribution in [3.8, 4) is 0 Å². The molecule has 0 aliphatic rings. The molecule has 0 unspecified atom stereocenters. The van der Waals surface area contributed by atoms with Crippen LogP contribution in [0, 0.1) is 0 Å². The maximum Gasteiger partial charge on any atom is 0.338 e. The molecule has 0 bridgehead atoms. The summed E-state index contributed by atoms with van der Waals surface area (Å²) < 4.78 is 5.36. The van der Waals surface area contributed by atoms with Crippen LogP contribution in [0.2, 0.25) is 0 Å². The fourth-order valence-electron chi connectivity index (χ4n) is 2.63.